The molecular formula is C12H15ClOSi. The molecule has 1 aromatic rings. The molecule has 0 radical (unpaired) electrons. The van der Waals surface area contributed by atoms with Gasteiger partial charge >= 0.3 is 0 Å². The highest BCUT2D eigenvalue weighted by Gasteiger charge is 2.08. The van der Waals surface area contributed by atoms with Crippen molar-refractivity contribution in [1.82, 2.24) is 0 Å². The Labute approximate surface area is 97.4 Å². The maximum atomic E-state index is 5.87. The van der Waals surface area contributed by atoms with Gasteiger partial charge in [0.05, 0.1) is 12.7 Å². The zero-order valence-corrected chi connectivity index (χ0v) is 11.3. The van der Waals surface area contributed by atoms with Crippen molar-refractivity contribution in [1.29, 1.82) is 0 Å². The van der Waals surface area contributed by atoms with Crippen LogP contribution in [-0.4, -0.2) is 15.2 Å². The summed E-state index contributed by atoms with van der Waals surface area (Å²) in [5.74, 6) is 3.90. The van der Waals surface area contributed by atoms with Gasteiger partial charge in [0.1, 0.15) is 13.8 Å². The molecule has 0 aliphatic heterocycles. The molecule has 80 valence electrons. The Balaban J connectivity index is 3.08. The number of rotatable bonds is 1. The molecule has 0 unspecified atom stereocenters. The lowest BCUT2D eigenvalue weighted by Crippen LogP contribution is -2.16. The molecule has 0 saturated carbocycles. The number of ether oxygens (including phenoxy) is 1. The van der Waals surface area contributed by atoms with Gasteiger partial charge in [-0.3, -0.25) is 0 Å². The molecule has 0 atom stereocenters. The highest BCUT2D eigenvalue weighted by atomic mass is 35.5. The van der Waals surface area contributed by atoms with Gasteiger partial charge in [-0.2, -0.15) is 0 Å². The van der Waals surface area contributed by atoms with Gasteiger partial charge < -0.3 is 4.74 Å². The largest absolute Gasteiger partial charge is 0.495 e. The third kappa shape index (κ3) is 3.99. The molecule has 1 nitrogen and oxygen atoms in total. The van der Waals surface area contributed by atoms with Crippen LogP contribution in [0.4, 0.5) is 0 Å². The Kier molecular flexibility index (Phi) is 3.84. The predicted octanol–water partition coefficient (Wildman–Crippen LogP) is 3.58. The minimum absolute atomic E-state index is 0.672. The molecule has 0 spiro atoms. The lowest BCUT2D eigenvalue weighted by molar-refractivity contribution is 0.413. The maximum absolute atomic E-state index is 5.87. The van der Waals surface area contributed by atoms with E-state index in [9.17, 15) is 0 Å². The van der Waals surface area contributed by atoms with Crippen LogP contribution < -0.4 is 4.74 Å². The minimum Gasteiger partial charge on any atom is -0.495 e. The Bertz CT molecular complexity index is 410. The predicted molar refractivity (Wildman–Crippen MR) is 68.2 cm³/mol. The van der Waals surface area contributed by atoms with Crippen LogP contribution in [0.5, 0.6) is 5.75 Å². The fraction of sp³-hybridized carbons (Fsp3) is 0.333. The van der Waals surface area contributed by atoms with E-state index in [-0.39, 0.29) is 0 Å². The first-order chi connectivity index (χ1) is 6.92. The smallest absolute Gasteiger partial charge is 0.135 e. The van der Waals surface area contributed by atoms with Crippen LogP contribution in [0, 0.1) is 11.5 Å². The van der Waals surface area contributed by atoms with Crippen molar-refractivity contribution in [3.8, 4) is 17.2 Å². The lowest BCUT2D eigenvalue weighted by Gasteiger charge is -2.06. The second kappa shape index (κ2) is 4.74. The lowest BCUT2D eigenvalue weighted by atomic mass is 10.2. The molecule has 0 aromatic heterocycles. The third-order valence-electron chi connectivity index (χ3n) is 1.74. The van der Waals surface area contributed by atoms with E-state index in [0.29, 0.717) is 5.02 Å². The average Bonchev–Trinajstić information content (AvgIpc) is 2.14. The number of methoxy groups -OCH3 is 1. The highest BCUT2D eigenvalue weighted by Crippen LogP contribution is 2.22. The van der Waals surface area contributed by atoms with Crippen LogP contribution in [0.15, 0.2) is 18.2 Å². The zero-order chi connectivity index (χ0) is 11.5. The van der Waals surface area contributed by atoms with Crippen LogP contribution in [0.25, 0.3) is 0 Å². The second-order valence-electron chi connectivity index (χ2n) is 4.34. The molecule has 3 heteroatoms. The van der Waals surface area contributed by atoms with Crippen LogP contribution in [0.1, 0.15) is 5.56 Å². The summed E-state index contributed by atoms with van der Waals surface area (Å²) in [6.07, 6.45) is 0. The molecule has 0 saturated heterocycles. The van der Waals surface area contributed by atoms with E-state index < -0.39 is 8.07 Å². The minimum atomic E-state index is -1.34. The molecule has 0 aliphatic rings. The number of hydrogen-bond acceptors (Lipinski definition) is 1. The molecule has 0 fully saturated rings. The van der Waals surface area contributed by atoms with Crippen LogP contribution in [0.3, 0.4) is 0 Å². The first kappa shape index (κ1) is 12.2. The van der Waals surface area contributed by atoms with Crippen molar-refractivity contribution in [2.75, 3.05) is 7.11 Å². The topological polar surface area (TPSA) is 9.23 Å². The molecular weight excluding hydrogens is 224 g/mol. The molecule has 1 rings (SSSR count). The summed E-state index contributed by atoms with van der Waals surface area (Å²) in [5, 5.41) is 0.672. The molecule has 15 heavy (non-hydrogen) atoms. The fourth-order valence-corrected chi connectivity index (χ4v) is 1.69. The van der Waals surface area contributed by atoms with E-state index in [1.807, 2.05) is 12.1 Å². The standard InChI is InChI=1S/C12H15ClOSi/c1-14-12-9-11(13)6-5-10(12)7-8-15(2,3)4/h5-6,9H,1-4H3. The fourth-order valence-electron chi connectivity index (χ4n) is 1.02. The second-order valence-corrected chi connectivity index (χ2v) is 9.53. The first-order valence-electron chi connectivity index (χ1n) is 4.79. The van der Waals surface area contributed by atoms with Gasteiger partial charge in [0.25, 0.3) is 0 Å². The first-order valence-corrected chi connectivity index (χ1v) is 8.67. The summed E-state index contributed by atoms with van der Waals surface area (Å²) in [6, 6.07) is 5.52. The van der Waals surface area contributed by atoms with E-state index in [1.165, 1.54) is 0 Å². The van der Waals surface area contributed by atoms with Gasteiger partial charge in [-0.1, -0.05) is 37.2 Å². The van der Waals surface area contributed by atoms with Crippen molar-refractivity contribution < 1.29 is 4.74 Å². The Morgan fingerprint density at radius 1 is 1.27 bits per heavy atom. The van der Waals surface area contributed by atoms with Crippen molar-refractivity contribution in [2.45, 2.75) is 19.6 Å². The van der Waals surface area contributed by atoms with Crippen molar-refractivity contribution in [2.24, 2.45) is 0 Å². The Morgan fingerprint density at radius 3 is 2.47 bits per heavy atom. The monoisotopic (exact) mass is 238 g/mol. The molecule has 0 aliphatic carbocycles. The average molecular weight is 239 g/mol. The summed E-state index contributed by atoms with van der Waals surface area (Å²) < 4.78 is 5.22. The molecule has 1 aromatic carbocycles. The van der Waals surface area contributed by atoms with Gasteiger partial charge in [0, 0.05) is 11.1 Å². The van der Waals surface area contributed by atoms with Crippen molar-refractivity contribution in [3.05, 3.63) is 28.8 Å². The van der Waals surface area contributed by atoms with Gasteiger partial charge in [-0.05, 0) is 12.1 Å². The maximum Gasteiger partial charge on any atom is 0.135 e. The van der Waals surface area contributed by atoms with Crippen molar-refractivity contribution in [3.63, 3.8) is 0 Å². The molecule has 0 amide bonds. The van der Waals surface area contributed by atoms with E-state index in [4.69, 9.17) is 16.3 Å². The summed E-state index contributed by atoms with van der Waals surface area (Å²) in [4.78, 5) is 0. The van der Waals surface area contributed by atoms with Crippen LogP contribution in [0.2, 0.25) is 24.7 Å². The third-order valence-corrected chi connectivity index (χ3v) is 2.85. The number of hydrogen-bond donors (Lipinski definition) is 0. The Morgan fingerprint density at radius 2 is 1.93 bits per heavy atom. The summed E-state index contributed by atoms with van der Waals surface area (Å²) in [6.45, 7) is 6.63. The van der Waals surface area contributed by atoms with E-state index in [0.717, 1.165) is 11.3 Å². The summed E-state index contributed by atoms with van der Waals surface area (Å²) in [5.41, 5.74) is 4.20. The number of halogens is 1. The molecule has 0 heterocycles. The van der Waals surface area contributed by atoms with Gasteiger partial charge in [0.15, 0.2) is 0 Å². The molecule has 0 bridgehead atoms. The number of benzene rings is 1. The Hall–Kier alpha value is -0.913. The van der Waals surface area contributed by atoms with E-state index in [1.54, 1.807) is 13.2 Å². The van der Waals surface area contributed by atoms with Gasteiger partial charge in [0.2, 0.25) is 0 Å². The van der Waals surface area contributed by atoms with E-state index >= 15 is 0 Å². The summed E-state index contributed by atoms with van der Waals surface area (Å²) >= 11 is 5.87. The van der Waals surface area contributed by atoms with Crippen LogP contribution in [-0.2, 0) is 0 Å². The van der Waals surface area contributed by atoms with E-state index in [2.05, 4.69) is 31.1 Å². The van der Waals surface area contributed by atoms with Crippen LogP contribution >= 0.6 is 11.6 Å². The van der Waals surface area contributed by atoms with Crippen molar-refractivity contribution >= 4 is 19.7 Å². The normalized spacial score (nSPS) is 10.5. The van der Waals surface area contributed by atoms with Gasteiger partial charge in [-0.15, -0.1) is 5.54 Å². The highest BCUT2D eigenvalue weighted by molar-refractivity contribution is 6.83. The zero-order valence-electron chi connectivity index (χ0n) is 9.52. The quantitative estimate of drug-likeness (QED) is 0.537. The SMILES string of the molecule is COc1cc(Cl)ccc1C#C[Si](C)(C)C. The van der Waals surface area contributed by atoms with Gasteiger partial charge in [-0.25, -0.2) is 0 Å². The molecule has 0 N–H and O–H groups in total. The summed E-state index contributed by atoms with van der Waals surface area (Å²) in [7, 11) is 0.291.